The van der Waals surface area contributed by atoms with E-state index in [0.29, 0.717) is 16.4 Å². The molecule has 1 amide bonds. The summed E-state index contributed by atoms with van der Waals surface area (Å²) in [5, 5.41) is 3.42. The number of benzene rings is 2. The SMILES string of the molecule is Cc1ccc2nc(NC(=O)c3ccc(N)cc3)sc2c1. The number of anilines is 2. The Hall–Kier alpha value is -2.40. The van der Waals surface area contributed by atoms with Gasteiger partial charge in [0.25, 0.3) is 5.91 Å². The molecule has 0 unspecified atom stereocenters. The van der Waals surface area contributed by atoms with Crippen LogP contribution in [-0.2, 0) is 0 Å². The van der Waals surface area contributed by atoms with Crippen LogP contribution in [0.3, 0.4) is 0 Å². The summed E-state index contributed by atoms with van der Waals surface area (Å²) in [5.74, 6) is -0.180. The van der Waals surface area contributed by atoms with E-state index in [2.05, 4.69) is 16.4 Å². The fourth-order valence-electron chi connectivity index (χ4n) is 1.89. The number of hydrogen-bond donors (Lipinski definition) is 2. The Kier molecular flexibility index (Phi) is 3.12. The van der Waals surface area contributed by atoms with Crippen LogP contribution in [0.15, 0.2) is 42.5 Å². The average Bonchev–Trinajstić information content (AvgIpc) is 2.80. The van der Waals surface area contributed by atoms with Gasteiger partial charge in [0, 0.05) is 11.3 Å². The number of aryl methyl sites for hydroxylation is 1. The van der Waals surface area contributed by atoms with Crippen molar-refractivity contribution >= 4 is 38.3 Å². The summed E-state index contributed by atoms with van der Waals surface area (Å²) in [6, 6.07) is 12.8. The van der Waals surface area contributed by atoms with Crippen LogP contribution in [0.4, 0.5) is 10.8 Å². The molecule has 20 heavy (non-hydrogen) atoms. The smallest absolute Gasteiger partial charge is 0.257 e. The molecule has 0 radical (unpaired) electrons. The first-order valence-corrected chi connectivity index (χ1v) is 6.97. The summed E-state index contributed by atoms with van der Waals surface area (Å²) in [6.07, 6.45) is 0. The molecule has 3 aromatic rings. The van der Waals surface area contributed by atoms with E-state index >= 15 is 0 Å². The Morgan fingerprint density at radius 3 is 2.70 bits per heavy atom. The Morgan fingerprint density at radius 2 is 1.95 bits per heavy atom. The molecule has 0 aliphatic heterocycles. The molecule has 1 heterocycles. The first-order valence-electron chi connectivity index (χ1n) is 6.16. The van der Waals surface area contributed by atoms with Gasteiger partial charge >= 0.3 is 0 Å². The molecule has 1 aromatic heterocycles. The van der Waals surface area contributed by atoms with Crippen LogP contribution in [0.25, 0.3) is 10.2 Å². The largest absolute Gasteiger partial charge is 0.399 e. The van der Waals surface area contributed by atoms with Crippen LogP contribution in [0, 0.1) is 6.92 Å². The maximum atomic E-state index is 12.1. The fourth-order valence-corrected chi connectivity index (χ4v) is 2.85. The second-order valence-electron chi connectivity index (χ2n) is 4.57. The minimum Gasteiger partial charge on any atom is -0.399 e. The van der Waals surface area contributed by atoms with Crippen LogP contribution >= 0.6 is 11.3 Å². The van der Waals surface area contributed by atoms with Gasteiger partial charge in [-0.3, -0.25) is 10.1 Å². The molecule has 4 nitrogen and oxygen atoms in total. The van der Waals surface area contributed by atoms with Gasteiger partial charge in [-0.15, -0.1) is 0 Å². The van der Waals surface area contributed by atoms with E-state index in [0.717, 1.165) is 10.2 Å². The number of nitrogens with one attached hydrogen (secondary N) is 1. The third kappa shape index (κ3) is 2.48. The van der Waals surface area contributed by atoms with Gasteiger partial charge in [0.2, 0.25) is 0 Å². The van der Waals surface area contributed by atoms with E-state index in [4.69, 9.17) is 5.73 Å². The molecule has 0 spiro atoms. The van der Waals surface area contributed by atoms with Crippen molar-refractivity contribution in [2.45, 2.75) is 6.92 Å². The van der Waals surface area contributed by atoms with Crippen molar-refractivity contribution in [3.8, 4) is 0 Å². The molecule has 2 aromatic carbocycles. The van der Waals surface area contributed by atoms with E-state index in [-0.39, 0.29) is 5.91 Å². The molecule has 0 aliphatic rings. The number of carbonyl (C=O) groups is 1. The zero-order chi connectivity index (χ0) is 14.1. The van der Waals surface area contributed by atoms with E-state index in [1.54, 1.807) is 24.3 Å². The van der Waals surface area contributed by atoms with Gasteiger partial charge in [0.15, 0.2) is 5.13 Å². The molecule has 0 saturated heterocycles. The maximum absolute atomic E-state index is 12.1. The van der Waals surface area contributed by atoms with Gasteiger partial charge < -0.3 is 5.73 Å². The molecule has 100 valence electrons. The van der Waals surface area contributed by atoms with Crippen molar-refractivity contribution in [3.63, 3.8) is 0 Å². The first kappa shape index (κ1) is 12.6. The van der Waals surface area contributed by atoms with Gasteiger partial charge in [-0.25, -0.2) is 4.98 Å². The second-order valence-corrected chi connectivity index (χ2v) is 5.60. The predicted molar refractivity (Wildman–Crippen MR) is 83.2 cm³/mol. The van der Waals surface area contributed by atoms with Gasteiger partial charge in [-0.05, 0) is 48.9 Å². The lowest BCUT2D eigenvalue weighted by molar-refractivity contribution is 0.102. The van der Waals surface area contributed by atoms with Crippen LogP contribution in [0.2, 0.25) is 0 Å². The number of hydrogen-bond acceptors (Lipinski definition) is 4. The van der Waals surface area contributed by atoms with Crippen molar-refractivity contribution in [2.75, 3.05) is 11.1 Å². The monoisotopic (exact) mass is 283 g/mol. The lowest BCUT2D eigenvalue weighted by atomic mass is 10.2. The van der Waals surface area contributed by atoms with Crippen molar-refractivity contribution in [1.29, 1.82) is 0 Å². The maximum Gasteiger partial charge on any atom is 0.257 e. The number of carbonyl (C=O) groups excluding carboxylic acids is 1. The van der Waals surface area contributed by atoms with Crippen molar-refractivity contribution < 1.29 is 4.79 Å². The number of rotatable bonds is 2. The fraction of sp³-hybridized carbons (Fsp3) is 0.0667. The summed E-state index contributed by atoms with van der Waals surface area (Å²) in [7, 11) is 0. The Balaban J connectivity index is 1.85. The standard InChI is InChI=1S/C15H13N3OS/c1-9-2-7-12-13(8-9)20-15(17-12)18-14(19)10-3-5-11(16)6-4-10/h2-8H,16H2,1H3,(H,17,18,19). The highest BCUT2D eigenvalue weighted by Crippen LogP contribution is 2.27. The lowest BCUT2D eigenvalue weighted by Gasteiger charge is -2.01. The average molecular weight is 283 g/mol. The third-order valence-electron chi connectivity index (χ3n) is 2.94. The third-order valence-corrected chi connectivity index (χ3v) is 3.87. The quantitative estimate of drug-likeness (QED) is 0.708. The summed E-state index contributed by atoms with van der Waals surface area (Å²) >= 11 is 1.47. The van der Waals surface area contributed by atoms with Crippen molar-refractivity contribution in [2.24, 2.45) is 0 Å². The predicted octanol–water partition coefficient (Wildman–Crippen LogP) is 3.44. The zero-order valence-corrected chi connectivity index (χ0v) is 11.7. The molecule has 0 fully saturated rings. The summed E-state index contributed by atoms with van der Waals surface area (Å²) in [5.41, 5.74) is 8.88. The van der Waals surface area contributed by atoms with E-state index in [9.17, 15) is 4.79 Å². The second kappa shape index (κ2) is 4.94. The summed E-state index contributed by atoms with van der Waals surface area (Å²) in [4.78, 5) is 16.5. The molecule has 0 aliphatic carbocycles. The van der Waals surface area contributed by atoms with E-state index in [1.807, 2.05) is 19.1 Å². The highest BCUT2D eigenvalue weighted by molar-refractivity contribution is 7.22. The number of nitrogens with two attached hydrogens (primary N) is 1. The normalized spacial score (nSPS) is 10.7. The number of nitrogens with zero attached hydrogens (tertiary/aromatic N) is 1. The van der Waals surface area contributed by atoms with Gasteiger partial charge in [-0.2, -0.15) is 0 Å². The first-order chi connectivity index (χ1) is 9.61. The Labute approximate surface area is 120 Å². The van der Waals surface area contributed by atoms with Crippen molar-refractivity contribution in [3.05, 3.63) is 53.6 Å². The molecule has 0 saturated carbocycles. The number of thiazole rings is 1. The number of aromatic nitrogens is 1. The van der Waals surface area contributed by atoms with Crippen molar-refractivity contribution in [1.82, 2.24) is 4.98 Å². The molecule has 0 bridgehead atoms. The zero-order valence-electron chi connectivity index (χ0n) is 10.9. The summed E-state index contributed by atoms with van der Waals surface area (Å²) < 4.78 is 1.07. The number of fused-ring (bicyclic) bond motifs is 1. The molecule has 0 atom stereocenters. The Bertz CT molecular complexity index is 777. The van der Waals surface area contributed by atoms with Crippen LogP contribution in [0.5, 0.6) is 0 Å². The van der Waals surface area contributed by atoms with Gasteiger partial charge in [-0.1, -0.05) is 17.4 Å². The van der Waals surface area contributed by atoms with E-state index < -0.39 is 0 Å². The Morgan fingerprint density at radius 1 is 1.20 bits per heavy atom. The molecule has 3 rings (SSSR count). The molecular weight excluding hydrogens is 270 g/mol. The van der Waals surface area contributed by atoms with E-state index in [1.165, 1.54) is 16.9 Å². The van der Waals surface area contributed by atoms with Crippen LogP contribution < -0.4 is 11.1 Å². The van der Waals surface area contributed by atoms with Crippen LogP contribution in [-0.4, -0.2) is 10.9 Å². The van der Waals surface area contributed by atoms with Gasteiger partial charge in [0.05, 0.1) is 10.2 Å². The lowest BCUT2D eigenvalue weighted by Crippen LogP contribution is -2.11. The summed E-state index contributed by atoms with van der Waals surface area (Å²) in [6.45, 7) is 2.03. The topological polar surface area (TPSA) is 68.0 Å². The molecular formula is C15H13N3OS. The highest BCUT2D eigenvalue weighted by atomic mass is 32.1. The van der Waals surface area contributed by atoms with Gasteiger partial charge in [0.1, 0.15) is 0 Å². The highest BCUT2D eigenvalue weighted by Gasteiger charge is 2.09. The minimum absolute atomic E-state index is 0.180. The minimum atomic E-state index is -0.180. The molecule has 3 N–H and O–H groups in total. The number of amides is 1. The molecule has 5 heteroatoms. The number of nitrogen functional groups attached to an aromatic ring is 1. The van der Waals surface area contributed by atoms with Crippen LogP contribution in [0.1, 0.15) is 15.9 Å².